The molecule has 1 aliphatic rings. The molecule has 10 nitrogen and oxygen atoms in total. The summed E-state index contributed by atoms with van der Waals surface area (Å²) in [5.41, 5.74) is 5.19. The van der Waals surface area contributed by atoms with Gasteiger partial charge in [0.2, 0.25) is 12.3 Å². The van der Waals surface area contributed by atoms with Crippen molar-refractivity contribution in [3.63, 3.8) is 0 Å². The lowest BCUT2D eigenvalue weighted by atomic mass is 10.1. The maximum absolute atomic E-state index is 12.9. The maximum Gasteiger partial charge on any atom is 0.261 e. The van der Waals surface area contributed by atoms with Gasteiger partial charge in [0.15, 0.2) is 11.5 Å². The van der Waals surface area contributed by atoms with Gasteiger partial charge in [0.05, 0.1) is 36.0 Å². The Bertz CT molecular complexity index is 2060. The average molecular weight is 786 g/mol. The first-order valence-corrected chi connectivity index (χ1v) is 21.0. The van der Waals surface area contributed by atoms with E-state index in [9.17, 15) is 14.4 Å². The van der Waals surface area contributed by atoms with Crippen LogP contribution in [0.4, 0.5) is 11.4 Å². The molecular weight excluding hydrogens is 739 g/mol. The molecule has 0 fully saturated rings. The predicted octanol–water partition coefficient (Wildman–Crippen LogP) is 8.08. The van der Waals surface area contributed by atoms with Gasteiger partial charge in [0.1, 0.15) is 0 Å². The number of methoxy groups -OCH3 is 1. The summed E-state index contributed by atoms with van der Waals surface area (Å²) in [7, 11) is 6.80. The first kappa shape index (κ1) is 40.5. The normalized spacial score (nSPS) is 14.4. The van der Waals surface area contributed by atoms with E-state index >= 15 is 0 Å². The Labute approximate surface area is 329 Å². The van der Waals surface area contributed by atoms with Crippen molar-refractivity contribution in [3.8, 4) is 11.5 Å². The Kier molecular flexibility index (Phi) is 14.3. The minimum Gasteiger partial charge on any atom is -0.493 e. The molecular formula is C41H47N5O5S3. The molecule has 284 valence electrons. The maximum atomic E-state index is 12.9. The smallest absolute Gasteiger partial charge is 0.261 e. The summed E-state index contributed by atoms with van der Waals surface area (Å²) in [5.74, 6) is 0.891. The fraction of sp³-hybridized carbons (Fsp3) is 0.317. The van der Waals surface area contributed by atoms with Gasteiger partial charge in [-0.15, -0.1) is 11.3 Å². The molecule has 4 aromatic rings. The summed E-state index contributed by atoms with van der Waals surface area (Å²) in [6.07, 6.45) is 11.6. The Hall–Kier alpha value is -4.72. The molecule has 1 atom stereocenters. The highest BCUT2D eigenvalue weighted by Gasteiger charge is 2.27. The molecule has 0 aliphatic carbocycles. The number of aliphatic imine (C=N–C) groups is 1. The van der Waals surface area contributed by atoms with Crippen LogP contribution in [0.25, 0.3) is 16.2 Å². The molecule has 2 heterocycles. The molecule has 3 N–H and O–H groups in total. The molecule has 5 rings (SSSR count). The van der Waals surface area contributed by atoms with Crippen molar-refractivity contribution in [2.24, 2.45) is 4.99 Å². The van der Waals surface area contributed by atoms with Crippen LogP contribution < -0.4 is 30.3 Å². The molecule has 0 saturated heterocycles. The number of hydrogen-bond donors (Lipinski definition) is 3. The number of amides is 3. The predicted molar refractivity (Wildman–Crippen MR) is 227 cm³/mol. The summed E-state index contributed by atoms with van der Waals surface area (Å²) < 4.78 is 12.6. The number of thiophene rings is 1. The van der Waals surface area contributed by atoms with Gasteiger partial charge in [0, 0.05) is 60.0 Å². The third-order valence-corrected chi connectivity index (χ3v) is 12.4. The zero-order chi connectivity index (χ0) is 38.7. The van der Waals surface area contributed by atoms with Gasteiger partial charge >= 0.3 is 0 Å². The standard InChI is InChI=1S/C41H47N5O5S3/c1-27-18-35(50-5)36(22-33(27)43-24-32-20-29-10-7-8-11-34(29)46(32)26-47)51-17-9-12-39(48)45-31(23-42-4)15-13-28-14-16-37-30(19-28)21-38(53-37)40(49)44-25-41(2,3)54-52-6/h7-8,10-11,13-16,18-19,21-24,26,32,42H,9,12,17,20,25H2,1-6H3,(H,44,49)(H,45,48)/b15-13+,31-23+,43-24?. The lowest BCUT2D eigenvalue weighted by Crippen LogP contribution is -2.35. The topological polar surface area (TPSA) is 121 Å². The molecule has 1 unspecified atom stereocenters. The lowest BCUT2D eigenvalue weighted by molar-refractivity contribution is -0.120. The SMILES string of the molecule is CN/C=C(\C=C\c1ccc2sc(C(=O)NCC(C)(C)SSC)cc2c1)NC(=O)CCCOc1cc(N=CC2Cc3ccccc3N2C=O)c(C)cc1OC. The van der Waals surface area contributed by atoms with Crippen LogP contribution in [0.3, 0.4) is 0 Å². The van der Waals surface area contributed by atoms with Crippen molar-refractivity contribution in [1.82, 2.24) is 16.0 Å². The molecule has 0 spiro atoms. The highest BCUT2D eigenvalue weighted by molar-refractivity contribution is 8.77. The molecule has 13 heteroatoms. The zero-order valence-electron chi connectivity index (χ0n) is 31.4. The number of anilines is 1. The molecule has 1 aromatic heterocycles. The number of allylic oxidation sites excluding steroid dienone is 1. The molecule has 0 radical (unpaired) electrons. The monoisotopic (exact) mass is 785 g/mol. The van der Waals surface area contributed by atoms with Crippen molar-refractivity contribution in [2.75, 3.05) is 38.5 Å². The Morgan fingerprint density at radius 2 is 1.93 bits per heavy atom. The number of ether oxygens (including phenoxy) is 2. The zero-order valence-corrected chi connectivity index (χ0v) is 33.9. The number of nitrogens with zero attached hydrogens (tertiary/aromatic N) is 2. The van der Waals surface area contributed by atoms with E-state index in [1.54, 1.807) is 53.1 Å². The molecule has 3 aromatic carbocycles. The number of para-hydroxylation sites is 1. The molecule has 3 amide bonds. The first-order chi connectivity index (χ1) is 26.0. The van der Waals surface area contributed by atoms with E-state index in [0.717, 1.165) is 38.9 Å². The van der Waals surface area contributed by atoms with Crippen molar-refractivity contribution in [3.05, 3.63) is 100 Å². The number of carbonyl (C=O) groups is 3. The molecule has 0 bridgehead atoms. The Morgan fingerprint density at radius 3 is 2.69 bits per heavy atom. The number of rotatable bonds is 18. The van der Waals surface area contributed by atoms with Gasteiger partial charge in [-0.1, -0.05) is 51.9 Å². The number of aryl methyl sites for hydroxylation is 1. The van der Waals surface area contributed by atoms with Gasteiger partial charge in [-0.25, -0.2) is 0 Å². The van der Waals surface area contributed by atoms with Crippen LogP contribution in [-0.2, 0) is 16.0 Å². The van der Waals surface area contributed by atoms with E-state index in [1.807, 2.05) is 86.0 Å². The first-order valence-electron chi connectivity index (χ1n) is 17.6. The number of hydrogen-bond acceptors (Lipinski definition) is 10. The second-order valence-corrected chi connectivity index (χ2v) is 17.5. The van der Waals surface area contributed by atoms with Crippen LogP contribution in [0.5, 0.6) is 11.5 Å². The third-order valence-electron chi connectivity index (χ3n) is 8.63. The van der Waals surface area contributed by atoms with Gasteiger partial charge < -0.3 is 30.3 Å². The van der Waals surface area contributed by atoms with Crippen molar-refractivity contribution in [2.45, 2.75) is 50.8 Å². The van der Waals surface area contributed by atoms with Crippen LogP contribution in [0.2, 0.25) is 0 Å². The van der Waals surface area contributed by atoms with Crippen LogP contribution in [0.15, 0.2) is 83.6 Å². The second-order valence-electron chi connectivity index (χ2n) is 13.3. The minimum atomic E-state index is -0.176. The number of carbonyl (C=O) groups excluding carboxylic acids is 3. The lowest BCUT2D eigenvalue weighted by Gasteiger charge is -2.22. The van der Waals surface area contributed by atoms with Crippen LogP contribution in [0.1, 0.15) is 53.1 Å². The molecule has 0 saturated carbocycles. The van der Waals surface area contributed by atoms with E-state index in [0.29, 0.717) is 53.8 Å². The van der Waals surface area contributed by atoms with E-state index < -0.39 is 0 Å². The number of benzene rings is 3. The van der Waals surface area contributed by atoms with E-state index in [1.165, 1.54) is 11.3 Å². The summed E-state index contributed by atoms with van der Waals surface area (Å²) in [5, 5.41) is 10.0. The summed E-state index contributed by atoms with van der Waals surface area (Å²) in [4.78, 5) is 44.8. The summed E-state index contributed by atoms with van der Waals surface area (Å²) in [6, 6.07) is 19.4. The van der Waals surface area contributed by atoms with Gasteiger partial charge in [-0.3, -0.25) is 19.4 Å². The fourth-order valence-corrected chi connectivity index (χ4v) is 9.02. The largest absolute Gasteiger partial charge is 0.493 e. The quantitative estimate of drug-likeness (QED) is 0.0305. The van der Waals surface area contributed by atoms with Crippen LogP contribution in [0, 0.1) is 6.92 Å². The van der Waals surface area contributed by atoms with Crippen molar-refractivity contribution >= 4 is 84.9 Å². The van der Waals surface area contributed by atoms with Crippen LogP contribution in [-0.4, -0.2) is 68.8 Å². The van der Waals surface area contributed by atoms with Crippen molar-refractivity contribution in [1.29, 1.82) is 0 Å². The number of nitrogens with one attached hydrogen (secondary N) is 3. The fourth-order valence-electron chi connectivity index (χ4n) is 5.94. The minimum absolute atomic E-state index is 0.0608. The van der Waals surface area contributed by atoms with Gasteiger partial charge in [0.25, 0.3) is 5.91 Å². The average Bonchev–Trinajstić information content (AvgIpc) is 3.75. The highest BCUT2D eigenvalue weighted by Crippen LogP contribution is 2.36. The second kappa shape index (κ2) is 19.0. The summed E-state index contributed by atoms with van der Waals surface area (Å²) >= 11 is 1.47. The van der Waals surface area contributed by atoms with Gasteiger partial charge in [-0.05, 0) is 91.9 Å². The Morgan fingerprint density at radius 1 is 1.11 bits per heavy atom. The molecule has 1 aliphatic heterocycles. The summed E-state index contributed by atoms with van der Waals surface area (Å²) in [6.45, 7) is 7.05. The van der Waals surface area contributed by atoms with Crippen molar-refractivity contribution < 1.29 is 23.9 Å². The molecule has 54 heavy (non-hydrogen) atoms. The van der Waals surface area contributed by atoms with E-state index in [2.05, 4.69) is 29.8 Å². The van der Waals surface area contributed by atoms with Gasteiger partial charge in [-0.2, -0.15) is 0 Å². The van der Waals surface area contributed by atoms with Crippen LogP contribution >= 0.6 is 32.9 Å². The van der Waals surface area contributed by atoms with E-state index in [4.69, 9.17) is 14.5 Å². The third kappa shape index (κ3) is 10.7. The highest BCUT2D eigenvalue weighted by atomic mass is 33.1. The number of fused-ring (bicyclic) bond motifs is 2. The van der Waals surface area contributed by atoms with E-state index in [-0.39, 0.29) is 29.0 Å². The Balaban J connectivity index is 1.13.